The third kappa shape index (κ3) is 8.89. The first-order chi connectivity index (χ1) is 10.9. The average Bonchev–Trinajstić information content (AvgIpc) is 2.47. The highest BCUT2D eigenvalue weighted by Crippen LogP contribution is 2.10. The van der Waals surface area contributed by atoms with Crippen molar-refractivity contribution in [1.82, 2.24) is 14.7 Å². The maximum atomic E-state index is 5.64. The molecule has 0 aliphatic carbocycles. The normalized spacial score (nSPS) is 11.1. The summed E-state index contributed by atoms with van der Waals surface area (Å²) in [6.45, 7) is 6.23. The molecule has 5 heteroatoms. The Hall–Kier alpha value is -1.17. The minimum absolute atomic E-state index is 0.825. The molecule has 0 bridgehead atoms. The minimum Gasteiger partial charge on any atom is -0.349 e. The predicted octanol–water partition coefficient (Wildman–Crippen LogP) is 2.90. The van der Waals surface area contributed by atoms with Crippen molar-refractivity contribution in [1.29, 1.82) is 0 Å². The second-order valence-corrected chi connectivity index (χ2v) is 6.98. The molecule has 1 rings (SSSR count). The Balaban J connectivity index is 2.56. The first-order valence-electron chi connectivity index (χ1n) is 8.30. The summed E-state index contributed by atoms with van der Waals surface area (Å²) in [5, 5.41) is 4.20. The van der Waals surface area contributed by atoms with E-state index in [0.29, 0.717) is 0 Å². The molecule has 1 aromatic carbocycles. The van der Waals surface area contributed by atoms with E-state index < -0.39 is 0 Å². The number of anilines is 1. The van der Waals surface area contributed by atoms with Crippen LogP contribution in [0.25, 0.3) is 0 Å². The summed E-state index contributed by atoms with van der Waals surface area (Å²) in [4.78, 5) is 6.73. The molecule has 4 nitrogen and oxygen atoms in total. The third-order valence-electron chi connectivity index (χ3n) is 3.66. The van der Waals surface area contributed by atoms with Crippen LogP contribution in [0.2, 0.25) is 0 Å². The third-order valence-corrected chi connectivity index (χ3v) is 4.02. The molecular weight excluding hydrogens is 304 g/mol. The fraction of sp³-hybridized carbons (Fsp3) is 0.611. The maximum absolute atomic E-state index is 5.64. The fourth-order valence-corrected chi connectivity index (χ4v) is 2.61. The van der Waals surface area contributed by atoms with Gasteiger partial charge in [0.05, 0.1) is 0 Å². The van der Waals surface area contributed by atoms with Gasteiger partial charge in [-0.25, -0.2) is 0 Å². The molecule has 0 saturated carbocycles. The van der Waals surface area contributed by atoms with Crippen LogP contribution >= 0.6 is 12.2 Å². The van der Waals surface area contributed by atoms with E-state index in [1.54, 1.807) is 0 Å². The lowest BCUT2D eigenvalue weighted by Crippen LogP contribution is -2.38. The Labute approximate surface area is 147 Å². The van der Waals surface area contributed by atoms with Gasteiger partial charge in [0.1, 0.15) is 0 Å². The Kier molecular flexibility index (Phi) is 9.14. The molecule has 0 heterocycles. The van der Waals surface area contributed by atoms with Crippen LogP contribution in [0.15, 0.2) is 24.3 Å². The van der Waals surface area contributed by atoms with Crippen LogP contribution in [0, 0.1) is 6.92 Å². The summed E-state index contributed by atoms with van der Waals surface area (Å²) in [5.41, 5.74) is 2.32. The minimum atomic E-state index is 0.825. The van der Waals surface area contributed by atoms with Gasteiger partial charge in [0.15, 0.2) is 5.11 Å². The molecule has 1 aromatic rings. The Morgan fingerprint density at radius 1 is 0.870 bits per heavy atom. The van der Waals surface area contributed by atoms with Gasteiger partial charge in [-0.05, 0) is 85.4 Å². The van der Waals surface area contributed by atoms with Gasteiger partial charge in [-0.3, -0.25) is 0 Å². The van der Waals surface area contributed by atoms with Crippen molar-refractivity contribution < 1.29 is 0 Å². The zero-order chi connectivity index (χ0) is 17.2. The second kappa shape index (κ2) is 10.6. The van der Waals surface area contributed by atoms with Crippen molar-refractivity contribution in [2.45, 2.75) is 19.8 Å². The molecular formula is C18H32N4S. The van der Waals surface area contributed by atoms with Gasteiger partial charge in [-0.1, -0.05) is 17.7 Å². The zero-order valence-electron chi connectivity index (χ0n) is 15.3. The zero-order valence-corrected chi connectivity index (χ0v) is 16.1. The first-order valence-corrected chi connectivity index (χ1v) is 8.71. The number of aryl methyl sites for hydroxylation is 1. The molecule has 0 radical (unpaired) electrons. The highest BCUT2D eigenvalue weighted by molar-refractivity contribution is 7.80. The summed E-state index contributed by atoms with van der Waals surface area (Å²) >= 11 is 5.64. The highest BCUT2D eigenvalue weighted by atomic mass is 32.1. The SMILES string of the molecule is Cc1ccc(NC(=S)N(CCCN(C)C)CCCN(C)C)cc1. The van der Waals surface area contributed by atoms with Crippen LogP contribution in [-0.4, -0.2) is 74.2 Å². The molecule has 0 spiro atoms. The molecule has 0 aliphatic rings. The topological polar surface area (TPSA) is 21.8 Å². The van der Waals surface area contributed by atoms with Crippen molar-refractivity contribution in [3.05, 3.63) is 29.8 Å². The van der Waals surface area contributed by atoms with Crippen molar-refractivity contribution >= 4 is 23.0 Å². The standard InChI is InChI=1S/C18H32N4S/c1-16-8-10-17(11-9-16)19-18(23)22(14-6-12-20(2)3)15-7-13-21(4)5/h8-11H,6-7,12-15H2,1-5H3,(H,19,23). The van der Waals surface area contributed by atoms with Crippen LogP contribution in [0.4, 0.5) is 5.69 Å². The largest absolute Gasteiger partial charge is 0.349 e. The summed E-state index contributed by atoms with van der Waals surface area (Å²) in [6, 6.07) is 8.37. The number of hydrogen-bond donors (Lipinski definition) is 1. The monoisotopic (exact) mass is 336 g/mol. The quantitative estimate of drug-likeness (QED) is 0.698. The molecule has 0 aliphatic heterocycles. The number of nitrogens with one attached hydrogen (secondary N) is 1. The number of thiocarbonyl (C=S) groups is 1. The molecule has 0 aromatic heterocycles. The Morgan fingerprint density at radius 3 is 1.78 bits per heavy atom. The summed E-state index contributed by atoms with van der Waals surface area (Å²) in [7, 11) is 8.44. The molecule has 0 atom stereocenters. The van der Waals surface area contributed by atoms with Gasteiger partial charge < -0.3 is 20.0 Å². The Morgan fingerprint density at radius 2 is 1.35 bits per heavy atom. The Bertz CT molecular complexity index is 443. The first kappa shape index (κ1) is 19.9. The van der Waals surface area contributed by atoms with Crippen LogP contribution < -0.4 is 5.32 Å². The van der Waals surface area contributed by atoms with Crippen molar-refractivity contribution in [2.24, 2.45) is 0 Å². The number of benzene rings is 1. The summed E-state index contributed by atoms with van der Waals surface area (Å²) < 4.78 is 0. The van der Waals surface area contributed by atoms with E-state index in [9.17, 15) is 0 Å². The highest BCUT2D eigenvalue weighted by Gasteiger charge is 2.10. The molecule has 130 valence electrons. The average molecular weight is 337 g/mol. The van der Waals surface area contributed by atoms with E-state index in [4.69, 9.17) is 12.2 Å². The molecule has 0 unspecified atom stereocenters. The summed E-state index contributed by atoms with van der Waals surface area (Å²) in [5.74, 6) is 0. The van der Waals surface area contributed by atoms with E-state index >= 15 is 0 Å². The molecule has 1 N–H and O–H groups in total. The van der Waals surface area contributed by atoms with Crippen molar-refractivity contribution in [2.75, 3.05) is 59.7 Å². The molecule has 0 amide bonds. The fourth-order valence-electron chi connectivity index (χ4n) is 2.31. The number of nitrogens with zero attached hydrogens (tertiary/aromatic N) is 3. The number of rotatable bonds is 9. The number of hydrogen-bond acceptors (Lipinski definition) is 3. The van der Waals surface area contributed by atoms with E-state index in [1.165, 1.54) is 5.56 Å². The van der Waals surface area contributed by atoms with Crippen molar-refractivity contribution in [3.8, 4) is 0 Å². The lowest BCUT2D eigenvalue weighted by atomic mass is 10.2. The maximum Gasteiger partial charge on any atom is 0.173 e. The van der Waals surface area contributed by atoms with Gasteiger partial charge in [0.2, 0.25) is 0 Å². The van der Waals surface area contributed by atoms with Gasteiger partial charge >= 0.3 is 0 Å². The van der Waals surface area contributed by atoms with E-state index in [-0.39, 0.29) is 0 Å². The van der Waals surface area contributed by atoms with Crippen LogP contribution in [0.3, 0.4) is 0 Å². The van der Waals surface area contributed by atoms with E-state index in [0.717, 1.165) is 49.8 Å². The van der Waals surface area contributed by atoms with Gasteiger partial charge in [-0.2, -0.15) is 0 Å². The van der Waals surface area contributed by atoms with Crippen LogP contribution in [0.1, 0.15) is 18.4 Å². The lowest BCUT2D eigenvalue weighted by Gasteiger charge is -2.27. The van der Waals surface area contributed by atoms with E-state index in [1.807, 2.05) is 0 Å². The molecule has 23 heavy (non-hydrogen) atoms. The van der Waals surface area contributed by atoms with Gasteiger partial charge in [-0.15, -0.1) is 0 Å². The van der Waals surface area contributed by atoms with Gasteiger partial charge in [0.25, 0.3) is 0 Å². The summed E-state index contributed by atoms with van der Waals surface area (Å²) in [6.07, 6.45) is 2.23. The predicted molar refractivity (Wildman–Crippen MR) is 105 cm³/mol. The van der Waals surface area contributed by atoms with E-state index in [2.05, 4.69) is 79.4 Å². The smallest absolute Gasteiger partial charge is 0.173 e. The van der Waals surface area contributed by atoms with Crippen LogP contribution in [-0.2, 0) is 0 Å². The van der Waals surface area contributed by atoms with Crippen molar-refractivity contribution in [3.63, 3.8) is 0 Å². The molecule has 0 fully saturated rings. The molecule has 0 saturated heterocycles. The van der Waals surface area contributed by atoms with Crippen LogP contribution in [0.5, 0.6) is 0 Å². The lowest BCUT2D eigenvalue weighted by molar-refractivity contribution is 0.325. The second-order valence-electron chi connectivity index (χ2n) is 6.60. The van der Waals surface area contributed by atoms with Gasteiger partial charge in [0, 0.05) is 18.8 Å².